The number of unbranched alkanes of at least 4 members (excludes halogenated alkanes) is 14. The molecule has 33 heavy (non-hydrogen) atoms. The predicted molar refractivity (Wildman–Crippen MR) is 146 cm³/mol. The average molecular weight is 461 g/mol. The second-order valence-electron chi connectivity index (χ2n) is 11.0. The maximum atomic E-state index is 6.28. The summed E-state index contributed by atoms with van der Waals surface area (Å²) < 4.78 is 12.5. The molecule has 0 saturated carbocycles. The molecule has 0 unspecified atom stereocenters. The summed E-state index contributed by atoms with van der Waals surface area (Å²) in [6.45, 7) is 15.2. The highest BCUT2D eigenvalue weighted by molar-refractivity contribution is 5.49. The van der Waals surface area contributed by atoms with E-state index in [0.29, 0.717) is 0 Å². The van der Waals surface area contributed by atoms with Crippen LogP contribution in [0.15, 0.2) is 12.1 Å². The summed E-state index contributed by atoms with van der Waals surface area (Å²) in [5.74, 6) is 1.87. The van der Waals surface area contributed by atoms with E-state index in [2.05, 4.69) is 53.7 Å². The van der Waals surface area contributed by atoms with Gasteiger partial charge in [-0.15, -0.1) is 0 Å². The van der Waals surface area contributed by atoms with E-state index in [4.69, 9.17) is 9.47 Å². The van der Waals surface area contributed by atoms with Gasteiger partial charge in [0.25, 0.3) is 0 Å². The van der Waals surface area contributed by atoms with Crippen molar-refractivity contribution in [2.24, 2.45) is 0 Å². The lowest BCUT2D eigenvalue weighted by atomic mass is 9.84. The molecule has 0 atom stereocenters. The first kappa shape index (κ1) is 29.9. The predicted octanol–water partition coefficient (Wildman–Crippen LogP) is 10.3. The number of rotatable bonds is 20. The van der Waals surface area contributed by atoms with E-state index in [1.54, 1.807) is 0 Å². The molecular weight excluding hydrogens is 404 g/mol. The van der Waals surface area contributed by atoms with Crippen molar-refractivity contribution in [2.45, 2.75) is 150 Å². The second kappa shape index (κ2) is 18.2. The molecule has 0 radical (unpaired) electrons. The fraction of sp³-hybridized carbons (Fsp3) is 0.806. The van der Waals surface area contributed by atoms with Crippen molar-refractivity contribution in [1.29, 1.82) is 0 Å². The Morgan fingerprint density at radius 1 is 0.545 bits per heavy atom. The average Bonchev–Trinajstić information content (AvgIpc) is 2.77. The zero-order valence-electron chi connectivity index (χ0n) is 23.2. The fourth-order valence-electron chi connectivity index (χ4n) is 4.53. The molecule has 0 N–H and O–H groups in total. The summed E-state index contributed by atoms with van der Waals surface area (Å²) >= 11 is 0. The standard InChI is InChI=1S/C31H56O2/c1-7-9-11-13-15-17-19-21-23-32-29-25-27(3)28(31(4,5)6)26-30(29)33-24-22-20-18-16-14-12-10-8-2/h25-26H,7-24H2,1-6H3. The Morgan fingerprint density at radius 3 is 1.30 bits per heavy atom. The number of aryl methyl sites for hydroxylation is 1. The topological polar surface area (TPSA) is 18.5 Å². The van der Waals surface area contributed by atoms with Gasteiger partial charge in [0, 0.05) is 0 Å². The van der Waals surface area contributed by atoms with Crippen molar-refractivity contribution in [1.82, 2.24) is 0 Å². The van der Waals surface area contributed by atoms with Crippen LogP contribution in [0.5, 0.6) is 11.5 Å². The third-order valence-corrected chi connectivity index (χ3v) is 6.61. The minimum atomic E-state index is 0.108. The van der Waals surface area contributed by atoms with Gasteiger partial charge < -0.3 is 9.47 Å². The van der Waals surface area contributed by atoms with Gasteiger partial charge in [-0.2, -0.15) is 0 Å². The van der Waals surface area contributed by atoms with Crippen LogP contribution in [0, 0.1) is 6.92 Å². The molecule has 1 aromatic carbocycles. The van der Waals surface area contributed by atoms with E-state index in [1.165, 1.54) is 101 Å². The Morgan fingerprint density at radius 2 is 0.909 bits per heavy atom. The number of hydrogen-bond donors (Lipinski definition) is 0. The Bertz CT molecular complexity index is 600. The maximum Gasteiger partial charge on any atom is 0.161 e. The molecule has 2 nitrogen and oxygen atoms in total. The first-order valence-electron chi connectivity index (χ1n) is 14.3. The second-order valence-corrected chi connectivity index (χ2v) is 11.0. The van der Waals surface area contributed by atoms with Crippen LogP contribution in [0.2, 0.25) is 0 Å². The molecule has 2 heteroatoms. The van der Waals surface area contributed by atoms with Crippen molar-refractivity contribution < 1.29 is 9.47 Å². The lowest BCUT2D eigenvalue weighted by Gasteiger charge is -2.24. The Balaban J connectivity index is 2.47. The molecule has 0 spiro atoms. The fourth-order valence-corrected chi connectivity index (χ4v) is 4.53. The number of ether oxygens (including phenoxy) is 2. The van der Waals surface area contributed by atoms with Crippen molar-refractivity contribution in [2.75, 3.05) is 13.2 Å². The monoisotopic (exact) mass is 460 g/mol. The molecule has 0 aliphatic rings. The van der Waals surface area contributed by atoms with Crippen LogP contribution in [0.1, 0.15) is 148 Å². The molecule has 192 valence electrons. The molecule has 0 fully saturated rings. The molecule has 0 bridgehead atoms. The van der Waals surface area contributed by atoms with Crippen LogP contribution in [0.4, 0.5) is 0 Å². The third kappa shape index (κ3) is 14.0. The lowest BCUT2D eigenvalue weighted by molar-refractivity contribution is 0.257. The quantitative estimate of drug-likeness (QED) is 0.180. The van der Waals surface area contributed by atoms with E-state index in [9.17, 15) is 0 Å². The van der Waals surface area contributed by atoms with Crippen molar-refractivity contribution in [3.05, 3.63) is 23.3 Å². The van der Waals surface area contributed by atoms with E-state index in [0.717, 1.165) is 37.6 Å². The van der Waals surface area contributed by atoms with Crippen molar-refractivity contribution >= 4 is 0 Å². The number of hydrogen-bond acceptors (Lipinski definition) is 2. The highest BCUT2D eigenvalue weighted by Gasteiger charge is 2.20. The van der Waals surface area contributed by atoms with Crippen molar-refractivity contribution in [3.63, 3.8) is 0 Å². The molecule has 0 heterocycles. The maximum absolute atomic E-state index is 6.28. The zero-order valence-corrected chi connectivity index (χ0v) is 23.2. The van der Waals surface area contributed by atoms with E-state index < -0.39 is 0 Å². The van der Waals surface area contributed by atoms with E-state index >= 15 is 0 Å². The van der Waals surface area contributed by atoms with Gasteiger partial charge in [-0.05, 0) is 48.4 Å². The summed E-state index contributed by atoms with van der Waals surface area (Å²) in [5, 5.41) is 0. The number of benzene rings is 1. The minimum absolute atomic E-state index is 0.108. The van der Waals surface area contributed by atoms with Gasteiger partial charge >= 0.3 is 0 Å². The third-order valence-electron chi connectivity index (χ3n) is 6.61. The largest absolute Gasteiger partial charge is 0.490 e. The summed E-state index contributed by atoms with van der Waals surface area (Å²) in [6, 6.07) is 4.44. The van der Waals surface area contributed by atoms with Gasteiger partial charge in [-0.3, -0.25) is 0 Å². The SMILES string of the molecule is CCCCCCCCCCOc1cc(C)c(C(C)(C)C)cc1OCCCCCCCCCC. The van der Waals surface area contributed by atoms with Crippen LogP contribution >= 0.6 is 0 Å². The van der Waals surface area contributed by atoms with Crippen LogP contribution in [-0.2, 0) is 5.41 Å². The molecule has 0 aliphatic heterocycles. The Kier molecular flexibility index (Phi) is 16.5. The molecule has 0 aliphatic carbocycles. The van der Waals surface area contributed by atoms with Gasteiger partial charge in [-0.1, -0.05) is 125 Å². The van der Waals surface area contributed by atoms with Crippen LogP contribution < -0.4 is 9.47 Å². The van der Waals surface area contributed by atoms with Gasteiger partial charge in [0.05, 0.1) is 13.2 Å². The highest BCUT2D eigenvalue weighted by atomic mass is 16.5. The summed E-state index contributed by atoms with van der Waals surface area (Å²) in [5.41, 5.74) is 2.76. The first-order chi connectivity index (χ1) is 15.9. The van der Waals surface area contributed by atoms with Crippen LogP contribution in [0.3, 0.4) is 0 Å². The summed E-state index contributed by atoms with van der Waals surface area (Å²) in [4.78, 5) is 0. The van der Waals surface area contributed by atoms with Gasteiger partial charge in [0.1, 0.15) is 0 Å². The van der Waals surface area contributed by atoms with Crippen LogP contribution in [0.25, 0.3) is 0 Å². The minimum Gasteiger partial charge on any atom is -0.490 e. The molecule has 0 saturated heterocycles. The van der Waals surface area contributed by atoms with Gasteiger partial charge in [-0.25, -0.2) is 0 Å². The lowest BCUT2D eigenvalue weighted by Crippen LogP contribution is -2.14. The molecule has 0 aromatic heterocycles. The van der Waals surface area contributed by atoms with Crippen LogP contribution in [-0.4, -0.2) is 13.2 Å². The Hall–Kier alpha value is -1.18. The Labute approximate surface area is 207 Å². The zero-order chi connectivity index (χ0) is 24.4. The summed E-state index contributed by atoms with van der Waals surface area (Å²) in [6.07, 6.45) is 21.2. The van der Waals surface area contributed by atoms with E-state index in [1.807, 2.05) is 0 Å². The van der Waals surface area contributed by atoms with E-state index in [-0.39, 0.29) is 5.41 Å². The molecule has 1 rings (SSSR count). The van der Waals surface area contributed by atoms with Crippen molar-refractivity contribution in [3.8, 4) is 11.5 Å². The normalized spacial score (nSPS) is 11.7. The van der Waals surface area contributed by atoms with Gasteiger partial charge in [0.2, 0.25) is 0 Å². The first-order valence-corrected chi connectivity index (χ1v) is 14.3. The summed E-state index contributed by atoms with van der Waals surface area (Å²) in [7, 11) is 0. The molecule has 0 amide bonds. The van der Waals surface area contributed by atoms with Gasteiger partial charge in [0.15, 0.2) is 11.5 Å². The molecular formula is C31H56O2. The smallest absolute Gasteiger partial charge is 0.161 e. The molecule has 1 aromatic rings. The highest BCUT2D eigenvalue weighted by Crippen LogP contribution is 2.36.